The molecular formula is C21H34. The van der Waals surface area contributed by atoms with E-state index in [1.54, 1.807) is 22.3 Å². The van der Waals surface area contributed by atoms with Crippen molar-refractivity contribution < 1.29 is 0 Å². The topological polar surface area (TPSA) is 0 Å². The highest BCUT2D eigenvalue weighted by Crippen LogP contribution is 2.63. The lowest BCUT2D eigenvalue weighted by Crippen LogP contribution is -2.42. The first-order valence-corrected chi connectivity index (χ1v) is 8.55. The Morgan fingerprint density at radius 1 is 0.714 bits per heavy atom. The van der Waals surface area contributed by atoms with Gasteiger partial charge in [-0.15, -0.1) is 0 Å². The number of benzene rings is 1. The molecule has 1 aliphatic carbocycles. The molecule has 1 aromatic carbocycles. The third-order valence-electron chi connectivity index (χ3n) is 6.90. The predicted molar refractivity (Wildman–Crippen MR) is 94.5 cm³/mol. The minimum Gasteiger partial charge on any atom is -0.0587 e. The van der Waals surface area contributed by atoms with Crippen LogP contribution in [0.1, 0.15) is 103 Å². The number of rotatable bonds is 2. The monoisotopic (exact) mass is 286 g/mol. The Hall–Kier alpha value is -0.780. The van der Waals surface area contributed by atoms with E-state index in [-0.39, 0.29) is 16.2 Å². The summed E-state index contributed by atoms with van der Waals surface area (Å²) in [5.41, 5.74) is 7.05. The van der Waals surface area contributed by atoms with Crippen LogP contribution in [-0.4, -0.2) is 0 Å². The second kappa shape index (κ2) is 4.61. The molecule has 0 nitrogen and oxygen atoms in total. The zero-order valence-corrected chi connectivity index (χ0v) is 15.8. The molecule has 0 heterocycles. The van der Waals surface area contributed by atoms with Crippen LogP contribution < -0.4 is 0 Å². The fraction of sp³-hybridized carbons (Fsp3) is 0.714. The van der Waals surface area contributed by atoms with Crippen molar-refractivity contribution >= 4 is 0 Å². The van der Waals surface area contributed by atoms with E-state index in [4.69, 9.17) is 0 Å². The molecule has 0 fully saturated rings. The first kappa shape index (κ1) is 16.6. The van der Waals surface area contributed by atoms with Crippen molar-refractivity contribution in [1.82, 2.24) is 0 Å². The molecular weight excluding hydrogens is 252 g/mol. The number of fused-ring (bicyclic) bond motifs is 1. The molecule has 0 aromatic heterocycles. The highest BCUT2D eigenvalue weighted by molar-refractivity contribution is 5.56. The third-order valence-corrected chi connectivity index (χ3v) is 6.90. The maximum atomic E-state index is 2.45. The van der Waals surface area contributed by atoms with Gasteiger partial charge in [-0.1, -0.05) is 81.4 Å². The molecule has 0 radical (unpaired) electrons. The van der Waals surface area contributed by atoms with Crippen molar-refractivity contribution in [2.75, 3.05) is 0 Å². The van der Waals surface area contributed by atoms with Crippen molar-refractivity contribution in [3.63, 3.8) is 0 Å². The summed E-state index contributed by atoms with van der Waals surface area (Å²) in [7, 11) is 0. The summed E-state index contributed by atoms with van der Waals surface area (Å²) < 4.78 is 0. The molecule has 0 unspecified atom stereocenters. The molecule has 1 aromatic rings. The van der Waals surface area contributed by atoms with Crippen LogP contribution in [0, 0.1) is 5.41 Å². The number of hydrogen-bond acceptors (Lipinski definition) is 0. The summed E-state index contributed by atoms with van der Waals surface area (Å²) in [5, 5.41) is 0. The van der Waals surface area contributed by atoms with E-state index in [9.17, 15) is 0 Å². The molecule has 0 N–H and O–H groups in total. The molecule has 0 bridgehead atoms. The van der Waals surface area contributed by atoms with Gasteiger partial charge in [0, 0.05) is 0 Å². The van der Waals surface area contributed by atoms with Gasteiger partial charge in [-0.2, -0.15) is 0 Å². The van der Waals surface area contributed by atoms with Gasteiger partial charge in [-0.3, -0.25) is 0 Å². The van der Waals surface area contributed by atoms with Crippen molar-refractivity contribution in [2.24, 2.45) is 5.41 Å². The van der Waals surface area contributed by atoms with Crippen LogP contribution in [0.4, 0.5) is 0 Å². The van der Waals surface area contributed by atoms with E-state index in [2.05, 4.69) is 81.4 Å². The van der Waals surface area contributed by atoms with Gasteiger partial charge in [0.05, 0.1) is 0 Å². The number of hydrogen-bond donors (Lipinski definition) is 0. The predicted octanol–water partition coefficient (Wildman–Crippen LogP) is 6.53. The molecule has 0 amide bonds. The fourth-order valence-electron chi connectivity index (χ4n) is 4.39. The van der Waals surface area contributed by atoms with Crippen molar-refractivity contribution in [1.29, 1.82) is 0 Å². The lowest BCUT2D eigenvalue weighted by atomic mass is 9.59. The molecule has 0 heteroatoms. The first-order chi connectivity index (χ1) is 9.37. The SMILES string of the molecule is CC(C)c1ccc2c(c1C(C)C)C(C)(C)C(C)(C)C2(C)C. The summed E-state index contributed by atoms with van der Waals surface area (Å²) in [5.74, 6) is 1.18. The minimum atomic E-state index is 0.205. The van der Waals surface area contributed by atoms with Gasteiger partial charge in [-0.05, 0) is 50.3 Å². The third kappa shape index (κ3) is 1.94. The van der Waals surface area contributed by atoms with Gasteiger partial charge in [-0.25, -0.2) is 0 Å². The summed E-state index contributed by atoms with van der Waals surface area (Å²) in [4.78, 5) is 0. The van der Waals surface area contributed by atoms with Crippen molar-refractivity contribution in [3.8, 4) is 0 Å². The Morgan fingerprint density at radius 3 is 1.67 bits per heavy atom. The molecule has 0 saturated heterocycles. The Kier molecular flexibility index (Phi) is 3.64. The van der Waals surface area contributed by atoms with Gasteiger partial charge < -0.3 is 0 Å². The van der Waals surface area contributed by atoms with E-state index in [1.807, 2.05) is 0 Å². The quantitative estimate of drug-likeness (QED) is 0.580. The maximum absolute atomic E-state index is 2.45. The van der Waals surface area contributed by atoms with Crippen LogP contribution in [-0.2, 0) is 10.8 Å². The first-order valence-electron chi connectivity index (χ1n) is 8.55. The fourth-order valence-corrected chi connectivity index (χ4v) is 4.39. The van der Waals surface area contributed by atoms with E-state index >= 15 is 0 Å². The summed E-state index contributed by atoms with van der Waals surface area (Å²) in [6.07, 6.45) is 0. The lowest BCUT2D eigenvalue weighted by Gasteiger charge is -2.45. The zero-order chi connectivity index (χ0) is 16.4. The van der Waals surface area contributed by atoms with Crippen LogP contribution in [0.3, 0.4) is 0 Å². The summed E-state index contributed by atoms with van der Waals surface area (Å²) in [6.45, 7) is 24.0. The molecule has 2 rings (SSSR count). The van der Waals surface area contributed by atoms with Gasteiger partial charge in [0.2, 0.25) is 0 Å². The Balaban J connectivity index is 2.91. The molecule has 0 spiro atoms. The van der Waals surface area contributed by atoms with Crippen LogP contribution in [0.5, 0.6) is 0 Å². The standard InChI is InChI=1S/C21H34/c1-13(2)15-11-12-16-18(17(15)14(3)4)20(7,8)21(9,10)19(16,5)6/h11-14H,1-10H3. The molecule has 1 aliphatic rings. The van der Waals surface area contributed by atoms with E-state index in [0.717, 1.165) is 0 Å². The summed E-state index contributed by atoms with van der Waals surface area (Å²) >= 11 is 0. The normalized spacial score (nSPS) is 21.9. The largest absolute Gasteiger partial charge is 0.0587 e. The van der Waals surface area contributed by atoms with Gasteiger partial charge >= 0.3 is 0 Å². The van der Waals surface area contributed by atoms with E-state index in [0.29, 0.717) is 11.8 Å². The second-order valence-electron chi connectivity index (χ2n) is 9.18. The Bertz CT molecular complexity index is 554. The molecule has 118 valence electrons. The van der Waals surface area contributed by atoms with Crippen LogP contribution in [0.2, 0.25) is 0 Å². The molecule has 0 saturated carbocycles. The van der Waals surface area contributed by atoms with Crippen LogP contribution >= 0.6 is 0 Å². The second-order valence-corrected chi connectivity index (χ2v) is 9.18. The molecule has 0 aliphatic heterocycles. The summed E-state index contributed by atoms with van der Waals surface area (Å²) in [6, 6.07) is 4.82. The van der Waals surface area contributed by atoms with Crippen LogP contribution in [0.25, 0.3) is 0 Å². The van der Waals surface area contributed by atoms with Gasteiger partial charge in [0.15, 0.2) is 0 Å². The minimum absolute atomic E-state index is 0.205. The average Bonchev–Trinajstić information content (AvgIpc) is 2.45. The Morgan fingerprint density at radius 2 is 1.24 bits per heavy atom. The smallest absolute Gasteiger partial charge is 0.00383 e. The van der Waals surface area contributed by atoms with E-state index < -0.39 is 0 Å². The zero-order valence-electron chi connectivity index (χ0n) is 15.8. The molecule has 21 heavy (non-hydrogen) atoms. The highest BCUT2D eigenvalue weighted by atomic mass is 14.6. The van der Waals surface area contributed by atoms with Crippen LogP contribution in [0.15, 0.2) is 12.1 Å². The van der Waals surface area contributed by atoms with Crippen molar-refractivity contribution in [3.05, 3.63) is 34.4 Å². The van der Waals surface area contributed by atoms with Gasteiger partial charge in [0.1, 0.15) is 0 Å². The van der Waals surface area contributed by atoms with E-state index in [1.165, 1.54) is 0 Å². The maximum Gasteiger partial charge on any atom is -0.00383 e. The average molecular weight is 287 g/mol. The molecule has 0 atom stereocenters. The van der Waals surface area contributed by atoms with Crippen molar-refractivity contribution in [2.45, 2.75) is 91.9 Å². The Labute approximate surface area is 132 Å². The highest BCUT2D eigenvalue weighted by Gasteiger charge is 2.57. The lowest BCUT2D eigenvalue weighted by molar-refractivity contribution is 0.124. The van der Waals surface area contributed by atoms with Gasteiger partial charge in [0.25, 0.3) is 0 Å².